The van der Waals surface area contributed by atoms with E-state index in [0.717, 1.165) is 24.3 Å². The second-order valence-corrected chi connectivity index (χ2v) is 7.37. The van der Waals surface area contributed by atoms with Crippen LogP contribution in [-0.2, 0) is 14.3 Å². The zero-order valence-corrected chi connectivity index (χ0v) is 18.9. The van der Waals surface area contributed by atoms with Crippen LogP contribution in [0.4, 0.5) is 11.4 Å². The number of hydrogen-bond acceptors (Lipinski definition) is 6. The molecule has 0 radical (unpaired) electrons. The Morgan fingerprint density at radius 2 is 1.67 bits per heavy atom. The van der Waals surface area contributed by atoms with Crippen molar-refractivity contribution in [3.8, 4) is 0 Å². The van der Waals surface area contributed by atoms with Crippen molar-refractivity contribution in [2.24, 2.45) is 5.10 Å². The number of rotatable bonds is 7. The molecule has 2 aromatic rings. The number of anilines is 2. The van der Waals surface area contributed by atoms with Gasteiger partial charge in [-0.15, -0.1) is 0 Å². The minimum absolute atomic E-state index is 0.221. The summed E-state index contributed by atoms with van der Waals surface area (Å²) < 4.78 is 5.28. The molecule has 0 saturated carbocycles. The summed E-state index contributed by atoms with van der Waals surface area (Å²) in [6.07, 6.45) is 1.47. The number of morpholine rings is 1. The van der Waals surface area contributed by atoms with Crippen LogP contribution in [0, 0.1) is 0 Å². The van der Waals surface area contributed by atoms with Crippen molar-refractivity contribution in [3.63, 3.8) is 0 Å². The molecule has 1 saturated heterocycles. The number of carbonyl (C=O) groups excluding carboxylic acids is 3. The summed E-state index contributed by atoms with van der Waals surface area (Å²) in [7, 11) is 0. The van der Waals surface area contributed by atoms with E-state index in [9.17, 15) is 14.4 Å². The van der Waals surface area contributed by atoms with Crippen LogP contribution in [0.15, 0.2) is 53.6 Å². The van der Waals surface area contributed by atoms with Gasteiger partial charge in [-0.3, -0.25) is 14.4 Å². The van der Waals surface area contributed by atoms with Gasteiger partial charge in [0.05, 0.1) is 30.7 Å². The normalized spacial score (nSPS) is 13.6. The van der Waals surface area contributed by atoms with Gasteiger partial charge in [-0.2, -0.15) is 5.10 Å². The van der Waals surface area contributed by atoms with Crippen molar-refractivity contribution in [3.05, 3.63) is 59.7 Å². The first-order valence-corrected chi connectivity index (χ1v) is 11.0. The number of amides is 3. The Hall–Kier alpha value is -3.72. The highest BCUT2D eigenvalue weighted by Crippen LogP contribution is 2.18. The van der Waals surface area contributed by atoms with Gasteiger partial charge in [0, 0.05) is 31.9 Å². The fourth-order valence-corrected chi connectivity index (χ4v) is 3.47. The Morgan fingerprint density at radius 1 is 1.00 bits per heavy atom. The van der Waals surface area contributed by atoms with E-state index >= 15 is 0 Å². The molecule has 0 aliphatic carbocycles. The average Bonchev–Trinajstić information content (AvgIpc) is 2.86. The third-order valence-electron chi connectivity index (χ3n) is 5.31. The molecule has 0 atom stereocenters. The largest absolute Gasteiger partial charge is 0.378 e. The van der Waals surface area contributed by atoms with Crippen molar-refractivity contribution >= 4 is 35.3 Å². The summed E-state index contributed by atoms with van der Waals surface area (Å²) in [6, 6.07) is 14.3. The quantitative estimate of drug-likeness (QED) is 0.381. The van der Waals surface area contributed by atoms with E-state index in [0.29, 0.717) is 31.9 Å². The molecule has 1 aliphatic heterocycles. The highest BCUT2D eigenvalue weighted by molar-refractivity contribution is 6.40. The summed E-state index contributed by atoms with van der Waals surface area (Å²) >= 11 is 0. The van der Waals surface area contributed by atoms with Crippen LogP contribution >= 0.6 is 0 Å². The van der Waals surface area contributed by atoms with Crippen molar-refractivity contribution in [1.82, 2.24) is 10.3 Å². The lowest BCUT2D eigenvalue weighted by Crippen LogP contribution is -2.41. The summed E-state index contributed by atoms with van der Waals surface area (Å²) in [5, 5.41) is 6.36. The average molecular weight is 452 g/mol. The fourth-order valence-electron chi connectivity index (χ4n) is 3.47. The van der Waals surface area contributed by atoms with Gasteiger partial charge in [-0.1, -0.05) is 24.3 Å². The van der Waals surface area contributed by atoms with Gasteiger partial charge < -0.3 is 19.9 Å². The number of hydrazone groups is 1. The summed E-state index contributed by atoms with van der Waals surface area (Å²) in [4.78, 5) is 41.2. The maximum absolute atomic E-state index is 12.8. The molecule has 2 N–H and O–H groups in total. The minimum atomic E-state index is -0.931. The highest BCUT2D eigenvalue weighted by Gasteiger charge is 2.22. The van der Waals surface area contributed by atoms with Crippen LogP contribution in [-0.4, -0.2) is 68.2 Å². The molecule has 174 valence electrons. The predicted molar refractivity (Wildman–Crippen MR) is 128 cm³/mol. The molecule has 33 heavy (non-hydrogen) atoms. The molecule has 0 unspecified atom stereocenters. The number of nitrogens with zero attached hydrogens (tertiary/aromatic N) is 3. The van der Waals surface area contributed by atoms with Crippen LogP contribution in [0.25, 0.3) is 0 Å². The molecule has 1 fully saturated rings. The fraction of sp³-hybridized carbons (Fsp3) is 0.333. The lowest BCUT2D eigenvalue weighted by molar-refractivity contribution is -0.136. The standard InChI is InChI=1S/C24H29N5O4/c1-3-28(4-2)19-11-9-18(10-12-19)17-25-27-23(31)22(30)26-21-8-6-5-7-20(21)24(32)29-13-15-33-16-14-29/h5-12,17H,3-4,13-16H2,1-2H3,(H,26,30)(H,27,31)/b25-17+. The Kier molecular flexibility index (Phi) is 8.54. The van der Waals surface area contributed by atoms with E-state index in [1.54, 1.807) is 29.2 Å². The van der Waals surface area contributed by atoms with E-state index in [4.69, 9.17) is 4.74 Å². The summed E-state index contributed by atoms with van der Waals surface area (Å²) in [5.41, 5.74) is 4.69. The topological polar surface area (TPSA) is 103 Å². The van der Waals surface area contributed by atoms with Gasteiger partial charge in [0.25, 0.3) is 5.91 Å². The highest BCUT2D eigenvalue weighted by atomic mass is 16.5. The molecular formula is C24H29N5O4. The Bertz CT molecular complexity index is 996. The van der Waals surface area contributed by atoms with Crippen molar-refractivity contribution in [2.45, 2.75) is 13.8 Å². The van der Waals surface area contributed by atoms with Gasteiger partial charge in [0.1, 0.15) is 0 Å². The monoisotopic (exact) mass is 451 g/mol. The molecule has 1 aliphatic rings. The second kappa shape index (κ2) is 11.8. The van der Waals surface area contributed by atoms with E-state index in [1.165, 1.54) is 6.21 Å². The SMILES string of the molecule is CCN(CC)c1ccc(/C=N/NC(=O)C(=O)Nc2ccccc2C(=O)N2CCOCC2)cc1. The number of carbonyl (C=O) groups is 3. The second-order valence-electron chi connectivity index (χ2n) is 7.37. The molecule has 3 rings (SSSR count). The van der Waals surface area contributed by atoms with Crippen molar-refractivity contribution in [2.75, 3.05) is 49.6 Å². The summed E-state index contributed by atoms with van der Waals surface area (Å²) in [5.74, 6) is -2.06. The lowest BCUT2D eigenvalue weighted by Gasteiger charge is -2.27. The zero-order valence-electron chi connectivity index (χ0n) is 18.9. The molecule has 2 aromatic carbocycles. The van der Waals surface area contributed by atoms with Gasteiger partial charge in [-0.25, -0.2) is 5.43 Å². The molecule has 1 heterocycles. The van der Waals surface area contributed by atoms with Gasteiger partial charge >= 0.3 is 11.8 Å². The lowest BCUT2D eigenvalue weighted by atomic mass is 10.1. The van der Waals surface area contributed by atoms with E-state index in [-0.39, 0.29) is 11.6 Å². The van der Waals surface area contributed by atoms with Crippen molar-refractivity contribution < 1.29 is 19.1 Å². The molecule has 0 aromatic heterocycles. The predicted octanol–water partition coefficient (Wildman–Crippen LogP) is 2.09. The third kappa shape index (κ3) is 6.39. The zero-order chi connectivity index (χ0) is 23.6. The maximum atomic E-state index is 12.8. The first kappa shape index (κ1) is 23.9. The Balaban J connectivity index is 1.58. The van der Waals surface area contributed by atoms with Crippen LogP contribution in [0.1, 0.15) is 29.8 Å². The van der Waals surface area contributed by atoms with Gasteiger partial charge in [0.15, 0.2) is 0 Å². The van der Waals surface area contributed by atoms with Crippen LogP contribution in [0.3, 0.4) is 0 Å². The molecule has 0 spiro atoms. The maximum Gasteiger partial charge on any atom is 0.329 e. The van der Waals surface area contributed by atoms with Crippen LogP contribution < -0.4 is 15.6 Å². The molecule has 3 amide bonds. The van der Waals surface area contributed by atoms with Gasteiger partial charge in [-0.05, 0) is 43.7 Å². The number of ether oxygens (including phenoxy) is 1. The Morgan fingerprint density at radius 3 is 2.33 bits per heavy atom. The summed E-state index contributed by atoms with van der Waals surface area (Å²) in [6.45, 7) is 7.91. The smallest absolute Gasteiger partial charge is 0.329 e. The van der Waals surface area contributed by atoms with E-state index < -0.39 is 11.8 Å². The van der Waals surface area contributed by atoms with Crippen LogP contribution in [0.2, 0.25) is 0 Å². The first-order valence-electron chi connectivity index (χ1n) is 11.0. The molecule has 9 nitrogen and oxygen atoms in total. The number of nitrogens with one attached hydrogen (secondary N) is 2. The van der Waals surface area contributed by atoms with Gasteiger partial charge in [0.2, 0.25) is 0 Å². The Labute approximate surface area is 193 Å². The molecule has 0 bridgehead atoms. The van der Waals surface area contributed by atoms with E-state index in [1.807, 2.05) is 24.3 Å². The molecular weight excluding hydrogens is 422 g/mol. The third-order valence-corrected chi connectivity index (χ3v) is 5.31. The van der Waals surface area contributed by atoms with Crippen LogP contribution in [0.5, 0.6) is 0 Å². The number of hydrogen-bond donors (Lipinski definition) is 2. The first-order chi connectivity index (χ1) is 16.0. The van der Waals surface area contributed by atoms with Crippen molar-refractivity contribution in [1.29, 1.82) is 0 Å². The number of benzene rings is 2. The van der Waals surface area contributed by atoms with E-state index in [2.05, 4.69) is 34.6 Å². The molecule has 9 heteroatoms. The number of para-hydroxylation sites is 1. The minimum Gasteiger partial charge on any atom is -0.378 e.